The van der Waals surface area contributed by atoms with E-state index < -0.39 is 10.0 Å². The zero-order chi connectivity index (χ0) is 13.8. The molecular formula is C12H18ClNO3S. The maximum Gasteiger partial charge on any atom is 0.240 e. The van der Waals surface area contributed by atoms with Crippen LogP contribution in [0.5, 0.6) is 0 Å². The van der Waals surface area contributed by atoms with E-state index in [0.29, 0.717) is 17.9 Å². The fourth-order valence-electron chi connectivity index (χ4n) is 1.53. The molecule has 6 heteroatoms. The highest BCUT2D eigenvalue weighted by molar-refractivity contribution is 7.89. The molecule has 0 amide bonds. The van der Waals surface area contributed by atoms with Crippen LogP contribution >= 0.6 is 11.6 Å². The van der Waals surface area contributed by atoms with Crippen LogP contribution in [0.25, 0.3) is 0 Å². The molecule has 1 rings (SSSR count). The molecule has 0 aliphatic carbocycles. The van der Waals surface area contributed by atoms with Gasteiger partial charge in [-0.2, -0.15) is 0 Å². The van der Waals surface area contributed by atoms with Gasteiger partial charge in [0.2, 0.25) is 10.0 Å². The fraction of sp³-hybridized carbons (Fsp3) is 0.500. The van der Waals surface area contributed by atoms with Crippen molar-refractivity contribution in [3.8, 4) is 0 Å². The van der Waals surface area contributed by atoms with Gasteiger partial charge >= 0.3 is 0 Å². The molecule has 102 valence electrons. The number of hydrogen-bond acceptors (Lipinski definition) is 3. The Hall–Kier alpha value is -0.620. The lowest BCUT2D eigenvalue weighted by Gasteiger charge is -2.14. The Morgan fingerprint density at radius 1 is 1.44 bits per heavy atom. The normalized spacial score (nSPS) is 13.6. The van der Waals surface area contributed by atoms with Crippen LogP contribution in [0.3, 0.4) is 0 Å². The van der Waals surface area contributed by atoms with E-state index in [-0.39, 0.29) is 17.5 Å². The van der Waals surface area contributed by atoms with Crippen molar-refractivity contribution >= 4 is 21.6 Å². The van der Waals surface area contributed by atoms with E-state index in [2.05, 4.69) is 4.72 Å². The van der Waals surface area contributed by atoms with E-state index in [1.54, 1.807) is 13.0 Å². The monoisotopic (exact) mass is 291 g/mol. The van der Waals surface area contributed by atoms with Gasteiger partial charge in [-0.05, 0) is 44.4 Å². The van der Waals surface area contributed by atoms with Crippen molar-refractivity contribution in [2.75, 3.05) is 6.61 Å². The number of hydrogen-bond donors (Lipinski definition) is 2. The lowest BCUT2D eigenvalue weighted by molar-refractivity contribution is 0.279. The second-order valence-electron chi connectivity index (χ2n) is 4.30. The van der Waals surface area contributed by atoms with Crippen LogP contribution in [0, 0.1) is 6.92 Å². The second-order valence-corrected chi connectivity index (χ2v) is 6.42. The van der Waals surface area contributed by atoms with Crippen molar-refractivity contribution in [1.29, 1.82) is 0 Å². The molecule has 0 aliphatic heterocycles. The summed E-state index contributed by atoms with van der Waals surface area (Å²) in [5.74, 6) is 0. The summed E-state index contributed by atoms with van der Waals surface area (Å²) in [5, 5.41) is 9.13. The van der Waals surface area contributed by atoms with Crippen molar-refractivity contribution in [2.45, 2.75) is 37.6 Å². The molecule has 0 bridgehead atoms. The highest BCUT2D eigenvalue weighted by atomic mass is 35.5. The first-order valence-electron chi connectivity index (χ1n) is 5.76. The molecule has 0 saturated heterocycles. The first kappa shape index (κ1) is 15.4. The summed E-state index contributed by atoms with van der Waals surface area (Å²) in [6, 6.07) is 4.43. The van der Waals surface area contributed by atoms with Gasteiger partial charge in [0.15, 0.2) is 0 Å². The smallest absolute Gasteiger partial charge is 0.240 e. The molecule has 1 unspecified atom stereocenters. The Kier molecular flexibility index (Phi) is 5.59. The minimum absolute atomic E-state index is 0.0580. The third kappa shape index (κ3) is 4.24. The maximum absolute atomic E-state index is 12.0. The standard InChI is InChI=1S/C12H18ClNO3S/c1-9-5-6-11(8-12(9)13)18(16,17)14-10(2)4-3-7-15/h5-6,8,10,14-15H,3-4,7H2,1-2H3. The minimum atomic E-state index is -3.55. The molecule has 0 aromatic heterocycles. The van der Waals surface area contributed by atoms with Gasteiger partial charge in [-0.3, -0.25) is 0 Å². The van der Waals surface area contributed by atoms with Gasteiger partial charge in [0.25, 0.3) is 0 Å². The number of sulfonamides is 1. The molecule has 0 spiro atoms. The van der Waals surface area contributed by atoms with Gasteiger partial charge in [-0.25, -0.2) is 13.1 Å². The van der Waals surface area contributed by atoms with Crippen LogP contribution in [-0.2, 0) is 10.0 Å². The summed E-state index contributed by atoms with van der Waals surface area (Å²) in [4.78, 5) is 0.161. The van der Waals surface area contributed by atoms with Crippen molar-refractivity contribution in [3.63, 3.8) is 0 Å². The number of aryl methyl sites for hydroxylation is 1. The zero-order valence-corrected chi connectivity index (χ0v) is 12.1. The first-order valence-corrected chi connectivity index (χ1v) is 7.62. The predicted octanol–water partition coefficient (Wildman–Crippen LogP) is 2.09. The molecule has 2 N–H and O–H groups in total. The molecule has 0 fully saturated rings. The van der Waals surface area contributed by atoms with Crippen LogP contribution in [0.2, 0.25) is 5.02 Å². The van der Waals surface area contributed by atoms with Crippen molar-refractivity contribution in [3.05, 3.63) is 28.8 Å². The molecule has 0 heterocycles. The van der Waals surface area contributed by atoms with Gasteiger partial charge in [-0.1, -0.05) is 17.7 Å². The Bertz CT molecular complexity index is 502. The molecule has 1 aromatic rings. The Labute approximate surface area is 113 Å². The quantitative estimate of drug-likeness (QED) is 0.843. The lowest BCUT2D eigenvalue weighted by atomic mass is 10.2. The summed E-state index contributed by atoms with van der Waals surface area (Å²) >= 11 is 5.91. The van der Waals surface area contributed by atoms with E-state index in [1.807, 2.05) is 6.92 Å². The average molecular weight is 292 g/mol. The zero-order valence-electron chi connectivity index (χ0n) is 10.5. The second kappa shape index (κ2) is 6.52. The van der Waals surface area contributed by atoms with E-state index in [0.717, 1.165) is 5.56 Å². The molecule has 0 saturated carbocycles. The van der Waals surface area contributed by atoms with Gasteiger partial charge < -0.3 is 5.11 Å². The fourth-order valence-corrected chi connectivity index (χ4v) is 3.08. The average Bonchev–Trinajstić information content (AvgIpc) is 2.29. The van der Waals surface area contributed by atoms with E-state index in [9.17, 15) is 8.42 Å². The Morgan fingerprint density at radius 2 is 2.11 bits per heavy atom. The topological polar surface area (TPSA) is 66.4 Å². The largest absolute Gasteiger partial charge is 0.396 e. The number of aliphatic hydroxyl groups is 1. The summed E-state index contributed by atoms with van der Waals surface area (Å²) in [6.45, 7) is 3.64. The molecule has 4 nitrogen and oxygen atoms in total. The summed E-state index contributed by atoms with van der Waals surface area (Å²) in [5.41, 5.74) is 0.837. The van der Waals surface area contributed by atoms with Gasteiger partial charge in [0.1, 0.15) is 0 Å². The summed E-state index contributed by atoms with van der Waals surface area (Å²) in [6.07, 6.45) is 1.16. The third-order valence-corrected chi connectivity index (χ3v) is 4.60. The minimum Gasteiger partial charge on any atom is -0.396 e. The predicted molar refractivity (Wildman–Crippen MR) is 72.3 cm³/mol. The van der Waals surface area contributed by atoms with Crippen molar-refractivity contribution in [1.82, 2.24) is 4.72 Å². The van der Waals surface area contributed by atoms with Gasteiger partial charge in [0.05, 0.1) is 4.90 Å². The molecule has 1 aromatic carbocycles. The van der Waals surface area contributed by atoms with Gasteiger partial charge in [0, 0.05) is 17.7 Å². The lowest BCUT2D eigenvalue weighted by Crippen LogP contribution is -2.32. The van der Waals surface area contributed by atoms with Crippen LogP contribution in [0.15, 0.2) is 23.1 Å². The number of rotatable bonds is 6. The molecule has 18 heavy (non-hydrogen) atoms. The molecule has 0 aliphatic rings. The van der Waals surface area contributed by atoms with E-state index in [1.165, 1.54) is 12.1 Å². The van der Waals surface area contributed by atoms with E-state index in [4.69, 9.17) is 16.7 Å². The number of halogens is 1. The maximum atomic E-state index is 12.0. The van der Waals surface area contributed by atoms with Crippen LogP contribution in [0.4, 0.5) is 0 Å². The number of nitrogens with one attached hydrogen (secondary N) is 1. The number of aliphatic hydroxyl groups excluding tert-OH is 1. The summed E-state index contributed by atoms with van der Waals surface area (Å²) in [7, 11) is -3.55. The molecular weight excluding hydrogens is 274 g/mol. The van der Waals surface area contributed by atoms with Crippen molar-refractivity contribution in [2.24, 2.45) is 0 Å². The van der Waals surface area contributed by atoms with Crippen LogP contribution in [0.1, 0.15) is 25.3 Å². The highest BCUT2D eigenvalue weighted by Crippen LogP contribution is 2.20. The number of benzene rings is 1. The summed E-state index contributed by atoms with van der Waals surface area (Å²) < 4.78 is 26.6. The Morgan fingerprint density at radius 3 is 2.67 bits per heavy atom. The first-order chi connectivity index (χ1) is 8.36. The van der Waals surface area contributed by atoms with Crippen LogP contribution in [-0.4, -0.2) is 26.2 Å². The molecule has 1 atom stereocenters. The Balaban J connectivity index is 2.83. The van der Waals surface area contributed by atoms with Crippen molar-refractivity contribution < 1.29 is 13.5 Å². The van der Waals surface area contributed by atoms with Gasteiger partial charge in [-0.15, -0.1) is 0 Å². The highest BCUT2D eigenvalue weighted by Gasteiger charge is 2.17. The molecule has 0 radical (unpaired) electrons. The van der Waals surface area contributed by atoms with E-state index >= 15 is 0 Å². The third-order valence-electron chi connectivity index (χ3n) is 2.61. The van der Waals surface area contributed by atoms with Crippen LogP contribution < -0.4 is 4.72 Å². The SMILES string of the molecule is Cc1ccc(S(=O)(=O)NC(C)CCCO)cc1Cl.